The van der Waals surface area contributed by atoms with Gasteiger partial charge >= 0.3 is 0 Å². The van der Waals surface area contributed by atoms with Gasteiger partial charge in [0.25, 0.3) is 0 Å². The quantitative estimate of drug-likeness (QED) is 0.379. The van der Waals surface area contributed by atoms with E-state index in [1.165, 1.54) is 12.8 Å². The molecule has 0 aliphatic carbocycles. The molecule has 3 heteroatoms. The summed E-state index contributed by atoms with van der Waals surface area (Å²) in [6.45, 7) is 11.6. The van der Waals surface area contributed by atoms with Crippen molar-refractivity contribution >= 4 is 0 Å². The summed E-state index contributed by atoms with van der Waals surface area (Å²) in [4.78, 5) is 2.10. The molecule has 0 aliphatic rings. The van der Waals surface area contributed by atoms with Crippen LogP contribution in [0, 0.1) is 6.54 Å². The first-order valence-electron chi connectivity index (χ1n) is 6.57. The minimum atomic E-state index is 0.653. The summed E-state index contributed by atoms with van der Waals surface area (Å²) in [5, 5.41) is 0. The molecule has 1 radical (unpaired) electrons. The zero-order valence-corrected chi connectivity index (χ0v) is 11.2. The van der Waals surface area contributed by atoms with Crippen molar-refractivity contribution in [3.8, 4) is 0 Å². The Kier molecular flexibility index (Phi) is 12.9. The molecular weight excluding hydrogens is 202 g/mol. The highest BCUT2D eigenvalue weighted by Crippen LogP contribution is 2.00. The van der Waals surface area contributed by atoms with Gasteiger partial charge in [0.2, 0.25) is 0 Å². The van der Waals surface area contributed by atoms with Crippen LogP contribution in [0.2, 0.25) is 0 Å². The molecule has 0 aromatic heterocycles. The van der Waals surface area contributed by atoms with Gasteiger partial charge in [-0.1, -0.05) is 33.6 Å². The van der Waals surface area contributed by atoms with Crippen molar-refractivity contribution in [2.75, 3.05) is 26.7 Å². The Bertz CT molecular complexity index is 119. The molecule has 0 bridgehead atoms. The highest BCUT2D eigenvalue weighted by molar-refractivity contribution is 4.60. The van der Waals surface area contributed by atoms with Crippen molar-refractivity contribution in [2.24, 2.45) is 0 Å². The van der Waals surface area contributed by atoms with E-state index in [1.807, 2.05) is 0 Å². The smallest absolute Gasteiger partial charge is 0.101 e. The molecule has 3 nitrogen and oxygen atoms in total. The zero-order valence-electron chi connectivity index (χ0n) is 11.2. The van der Waals surface area contributed by atoms with Gasteiger partial charge < -0.3 is 9.47 Å². The standard InChI is InChI=1S/C13H28NO2/c1-4-7-10-15-12-14(9-6-3)13-16-11-8-5-2/h9H,4-8,10-13H2,1-3H3. The molecule has 0 unspecified atom stereocenters. The molecular formula is C13H28NO2. The molecule has 0 aliphatic heterocycles. The van der Waals surface area contributed by atoms with E-state index in [-0.39, 0.29) is 0 Å². The van der Waals surface area contributed by atoms with Crippen LogP contribution in [0.15, 0.2) is 0 Å². The second-order valence-electron chi connectivity index (χ2n) is 3.96. The molecule has 0 aromatic carbocycles. The molecule has 0 atom stereocenters. The van der Waals surface area contributed by atoms with Gasteiger partial charge in [-0.05, 0) is 19.3 Å². The Morgan fingerprint density at radius 1 is 0.875 bits per heavy atom. The minimum absolute atomic E-state index is 0.653. The second-order valence-corrected chi connectivity index (χ2v) is 3.96. The number of hydrogen-bond acceptors (Lipinski definition) is 3. The molecule has 0 saturated heterocycles. The molecule has 0 spiro atoms. The van der Waals surface area contributed by atoms with Crippen LogP contribution in [-0.2, 0) is 9.47 Å². The van der Waals surface area contributed by atoms with Crippen LogP contribution >= 0.6 is 0 Å². The SMILES string of the molecule is CC[CH]N(COCCCC)COCCCC. The summed E-state index contributed by atoms with van der Waals surface area (Å²) in [5.74, 6) is 0. The lowest BCUT2D eigenvalue weighted by atomic mass is 10.4. The molecule has 0 heterocycles. The van der Waals surface area contributed by atoms with Gasteiger partial charge in [0.1, 0.15) is 13.5 Å². The highest BCUT2D eigenvalue weighted by Gasteiger charge is 2.03. The van der Waals surface area contributed by atoms with E-state index in [0.717, 1.165) is 32.5 Å². The van der Waals surface area contributed by atoms with E-state index in [2.05, 4.69) is 32.2 Å². The Labute approximate surface area is 101 Å². The number of hydrogen-bond donors (Lipinski definition) is 0. The molecule has 0 aromatic rings. The first-order valence-corrected chi connectivity index (χ1v) is 6.57. The first-order chi connectivity index (χ1) is 7.85. The van der Waals surface area contributed by atoms with Crippen LogP contribution in [-0.4, -0.2) is 31.6 Å². The van der Waals surface area contributed by atoms with Crippen LogP contribution in [0.4, 0.5) is 0 Å². The fourth-order valence-electron chi connectivity index (χ4n) is 1.26. The normalized spacial score (nSPS) is 11.2. The fourth-order valence-corrected chi connectivity index (χ4v) is 1.26. The fraction of sp³-hybridized carbons (Fsp3) is 0.923. The van der Waals surface area contributed by atoms with Gasteiger partial charge in [-0.2, -0.15) is 0 Å². The van der Waals surface area contributed by atoms with Gasteiger partial charge in [0.15, 0.2) is 0 Å². The third-order valence-corrected chi connectivity index (χ3v) is 2.24. The van der Waals surface area contributed by atoms with Gasteiger partial charge in [-0.15, -0.1) is 0 Å². The van der Waals surface area contributed by atoms with E-state index >= 15 is 0 Å². The van der Waals surface area contributed by atoms with E-state index in [1.54, 1.807) is 0 Å². The third-order valence-electron chi connectivity index (χ3n) is 2.24. The lowest BCUT2D eigenvalue weighted by Gasteiger charge is -2.20. The molecule has 97 valence electrons. The molecule has 16 heavy (non-hydrogen) atoms. The van der Waals surface area contributed by atoms with Crippen molar-refractivity contribution in [3.63, 3.8) is 0 Å². The maximum absolute atomic E-state index is 5.56. The van der Waals surface area contributed by atoms with Crippen LogP contribution < -0.4 is 0 Å². The highest BCUT2D eigenvalue weighted by atomic mass is 16.5. The van der Waals surface area contributed by atoms with Crippen molar-refractivity contribution in [3.05, 3.63) is 6.54 Å². The topological polar surface area (TPSA) is 21.7 Å². The summed E-state index contributed by atoms with van der Waals surface area (Å²) in [6, 6.07) is 0. The summed E-state index contributed by atoms with van der Waals surface area (Å²) < 4.78 is 11.1. The molecule has 0 amide bonds. The number of rotatable bonds is 12. The Balaban J connectivity index is 3.45. The summed E-state index contributed by atoms with van der Waals surface area (Å²) in [7, 11) is 0. The van der Waals surface area contributed by atoms with Gasteiger partial charge in [-0.25, -0.2) is 0 Å². The Morgan fingerprint density at radius 2 is 1.38 bits per heavy atom. The zero-order chi connectivity index (χ0) is 12.1. The predicted molar refractivity (Wildman–Crippen MR) is 67.9 cm³/mol. The first kappa shape index (κ1) is 15.9. The third kappa shape index (κ3) is 10.4. The summed E-state index contributed by atoms with van der Waals surface area (Å²) in [6.07, 6.45) is 5.66. The van der Waals surface area contributed by atoms with Crippen molar-refractivity contribution in [2.45, 2.75) is 52.9 Å². The van der Waals surface area contributed by atoms with Crippen LogP contribution in [0.25, 0.3) is 0 Å². The molecule has 0 fully saturated rings. The average Bonchev–Trinajstić information content (AvgIpc) is 2.30. The Hall–Kier alpha value is -0.120. The maximum atomic E-state index is 5.56. The molecule has 0 rings (SSSR count). The lowest BCUT2D eigenvalue weighted by molar-refractivity contribution is -0.0311. The van der Waals surface area contributed by atoms with E-state index < -0.39 is 0 Å². The van der Waals surface area contributed by atoms with Crippen molar-refractivity contribution in [1.29, 1.82) is 0 Å². The minimum Gasteiger partial charge on any atom is -0.366 e. The van der Waals surface area contributed by atoms with Crippen LogP contribution in [0.1, 0.15) is 52.9 Å². The maximum Gasteiger partial charge on any atom is 0.101 e. The van der Waals surface area contributed by atoms with Crippen molar-refractivity contribution in [1.82, 2.24) is 4.90 Å². The molecule has 0 N–H and O–H groups in total. The second kappa shape index (κ2) is 12.9. The van der Waals surface area contributed by atoms with Gasteiger partial charge in [-0.3, -0.25) is 4.90 Å². The van der Waals surface area contributed by atoms with Gasteiger partial charge in [0, 0.05) is 19.8 Å². The lowest BCUT2D eigenvalue weighted by Crippen LogP contribution is -2.27. The Morgan fingerprint density at radius 3 is 1.75 bits per heavy atom. The number of unbranched alkanes of at least 4 members (excludes halogenated alkanes) is 2. The van der Waals surface area contributed by atoms with E-state index in [4.69, 9.17) is 9.47 Å². The number of ether oxygens (including phenoxy) is 2. The predicted octanol–water partition coefficient (Wildman–Crippen LogP) is 3.41. The molecule has 0 saturated carbocycles. The van der Waals surface area contributed by atoms with Crippen molar-refractivity contribution < 1.29 is 9.47 Å². The largest absolute Gasteiger partial charge is 0.366 e. The van der Waals surface area contributed by atoms with E-state index in [9.17, 15) is 0 Å². The summed E-state index contributed by atoms with van der Waals surface area (Å²) >= 11 is 0. The van der Waals surface area contributed by atoms with Crippen LogP contribution in [0.5, 0.6) is 0 Å². The van der Waals surface area contributed by atoms with Crippen LogP contribution in [0.3, 0.4) is 0 Å². The van der Waals surface area contributed by atoms with E-state index in [0.29, 0.717) is 13.5 Å². The monoisotopic (exact) mass is 230 g/mol. The van der Waals surface area contributed by atoms with Gasteiger partial charge in [0.05, 0.1) is 0 Å². The summed E-state index contributed by atoms with van der Waals surface area (Å²) in [5.41, 5.74) is 0. The average molecular weight is 230 g/mol. The number of nitrogens with zero attached hydrogens (tertiary/aromatic N) is 1.